The molecule has 1 N–H and O–H groups in total. The lowest BCUT2D eigenvalue weighted by atomic mass is 9.97. The second kappa shape index (κ2) is 7.36. The van der Waals surface area contributed by atoms with E-state index >= 15 is 0 Å². The highest BCUT2D eigenvalue weighted by atomic mass is 32.2. The SMILES string of the molecule is CN1CCCc2cc(-c3cncc(CSc4cc5ccccc5[nH]4)c3)ccc21. The van der Waals surface area contributed by atoms with Gasteiger partial charge < -0.3 is 9.88 Å². The van der Waals surface area contributed by atoms with Crippen molar-refractivity contribution >= 4 is 28.4 Å². The Labute approximate surface area is 169 Å². The summed E-state index contributed by atoms with van der Waals surface area (Å²) in [5.41, 5.74) is 7.72. The Kier molecular flexibility index (Phi) is 4.57. The molecule has 0 fully saturated rings. The number of rotatable bonds is 4. The topological polar surface area (TPSA) is 31.9 Å². The third kappa shape index (κ3) is 3.40. The smallest absolute Gasteiger partial charge is 0.0735 e. The number of para-hydroxylation sites is 1. The minimum atomic E-state index is 0.904. The van der Waals surface area contributed by atoms with Crippen LogP contribution in [0.3, 0.4) is 0 Å². The first-order valence-electron chi connectivity index (χ1n) is 9.75. The van der Waals surface area contributed by atoms with Crippen molar-refractivity contribution in [3.05, 3.63) is 78.1 Å². The molecule has 3 nitrogen and oxygen atoms in total. The van der Waals surface area contributed by atoms with E-state index in [1.54, 1.807) is 0 Å². The molecule has 3 heterocycles. The van der Waals surface area contributed by atoms with Gasteiger partial charge in [-0.15, -0.1) is 11.8 Å². The molecule has 0 saturated carbocycles. The molecule has 28 heavy (non-hydrogen) atoms. The van der Waals surface area contributed by atoms with E-state index in [0.717, 1.165) is 18.7 Å². The van der Waals surface area contributed by atoms with E-state index in [1.807, 2.05) is 24.2 Å². The fraction of sp³-hybridized carbons (Fsp3) is 0.208. The maximum absolute atomic E-state index is 4.51. The maximum atomic E-state index is 4.51. The van der Waals surface area contributed by atoms with E-state index in [4.69, 9.17) is 0 Å². The molecule has 1 aliphatic heterocycles. The molecular formula is C24H23N3S. The highest BCUT2D eigenvalue weighted by molar-refractivity contribution is 7.98. The van der Waals surface area contributed by atoms with Gasteiger partial charge in [0, 0.05) is 53.9 Å². The number of thioether (sulfide) groups is 1. The zero-order valence-corrected chi connectivity index (χ0v) is 16.8. The van der Waals surface area contributed by atoms with Crippen LogP contribution in [-0.4, -0.2) is 23.6 Å². The summed E-state index contributed by atoms with van der Waals surface area (Å²) in [5, 5.41) is 2.46. The summed E-state index contributed by atoms with van der Waals surface area (Å²) in [7, 11) is 2.18. The first kappa shape index (κ1) is 17.4. The predicted octanol–water partition coefficient (Wildman–Crippen LogP) is 5.90. The molecule has 2 aromatic carbocycles. The lowest BCUT2D eigenvalue weighted by molar-refractivity contribution is 0.745. The zero-order chi connectivity index (χ0) is 18.9. The molecule has 0 unspecified atom stereocenters. The number of pyridine rings is 1. The largest absolute Gasteiger partial charge is 0.374 e. The average Bonchev–Trinajstić information content (AvgIpc) is 3.15. The Morgan fingerprint density at radius 1 is 1.04 bits per heavy atom. The maximum Gasteiger partial charge on any atom is 0.0735 e. The van der Waals surface area contributed by atoms with Crippen LogP contribution in [-0.2, 0) is 12.2 Å². The van der Waals surface area contributed by atoms with E-state index in [9.17, 15) is 0 Å². The molecule has 140 valence electrons. The van der Waals surface area contributed by atoms with Gasteiger partial charge in [0.1, 0.15) is 0 Å². The Morgan fingerprint density at radius 2 is 1.96 bits per heavy atom. The second-order valence-corrected chi connectivity index (χ2v) is 8.48. The van der Waals surface area contributed by atoms with Crippen molar-refractivity contribution in [2.24, 2.45) is 0 Å². The quantitative estimate of drug-likeness (QED) is 0.444. The highest BCUT2D eigenvalue weighted by Crippen LogP contribution is 2.32. The monoisotopic (exact) mass is 385 g/mol. The van der Waals surface area contributed by atoms with E-state index in [-0.39, 0.29) is 0 Å². The molecule has 1 aliphatic rings. The average molecular weight is 386 g/mol. The van der Waals surface area contributed by atoms with Gasteiger partial charge in [-0.1, -0.05) is 24.3 Å². The van der Waals surface area contributed by atoms with Crippen molar-refractivity contribution in [2.45, 2.75) is 23.6 Å². The Hall–Kier alpha value is -2.72. The molecule has 0 bridgehead atoms. The van der Waals surface area contributed by atoms with Crippen molar-refractivity contribution < 1.29 is 0 Å². The fourth-order valence-corrected chi connectivity index (χ4v) is 4.85. The van der Waals surface area contributed by atoms with Crippen molar-refractivity contribution in [3.8, 4) is 11.1 Å². The number of aromatic amines is 1. The van der Waals surface area contributed by atoms with Crippen LogP contribution in [0.2, 0.25) is 0 Å². The molecular weight excluding hydrogens is 362 g/mol. The number of aryl methyl sites for hydroxylation is 1. The standard InChI is InChI=1S/C24H23N3S/c1-27-10-4-6-20-12-18(8-9-23(20)27)21-11-17(14-25-15-21)16-28-24-13-19-5-2-3-7-22(19)26-24/h2-3,5,7-9,11-15,26H,4,6,10,16H2,1H3. The Balaban J connectivity index is 1.36. The van der Waals surface area contributed by atoms with Crippen LogP contribution in [0.5, 0.6) is 0 Å². The minimum absolute atomic E-state index is 0.904. The van der Waals surface area contributed by atoms with Gasteiger partial charge in [0.15, 0.2) is 0 Å². The van der Waals surface area contributed by atoms with Gasteiger partial charge in [-0.2, -0.15) is 0 Å². The summed E-state index contributed by atoms with van der Waals surface area (Å²) < 4.78 is 0. The number of hydrogen-bond donors (Lipinski definition) is 1. The van der Waals surface area contributed by atoms with Gasteiger partial charge in [0.2, 0.25) is 0 Å². The summed E-state index contributed by atoms with van der Waals surface area (Å²) in [6, 6.07) is 19.7. The second-order valence-electron chi connectivity index (χ2n) is 7.46. The number of H-pyrrole nitrogens is 1. The summed E-state index contributed by atoms with van der Waals surface area (Å²) in [6.45, 7) is 1.15. The van der Waals surface area contributed by atoms with E-state index < -0.39 is 0 Å². The van der Waals surface area contributed by atoms with E-state index in [0.29, 0.717) is 0 Å². The van der Waals surface area contributed by atoms with Gasteiger partial charge >= 0.3 is 0 Å². The lowest BCUT2D eigenvalue weighted by Crippen LogP contribution is -2.24. The number of hydrogen-bond acceptors (Lipinski definition) is 3. The molecule has 0 aliphatic carbocycles. The number of benzene rings is 2. The van der Waals surface area contributed by atoms with Crippen LogP contribution in [0.1, 0.15) is 17.5 Å². The fourth-order valence-electron chi connectivity index (χ4n) is 3.97. The van der Waals surface area contributed by atoms with Crippen LogP contribution < -0.4 is 4.90 Å². The number of fused-ring (bicyclic) bond motifs is 2. The van der Waals surface area contributed by atoms with Gasteiger partial charge in [-0.3, -0.25) is 4.98 Å². The lowest BCUT2D eigenvalue weighted by Gasteiger charge is -2.27. The number of anilines is 1. The third-order valence-electron chi connectivity index (χ3n) is 5.46. The molecule has 2 aromatic heterocycles. The van der Waals surface area contributed by atoms with Crippen LogP contribution in [0.15, 0.2) is 72.0 Å². The summed E-state index contributed by atoms with van der Waals surface area (Å²) in [5.74, 6) is 0.904. The van der Waals surface area contributed by atoms with Crippen LogP contribution in [0, 0.1) is 0 Å². The Bertz CT molecular complexity index is 1100. The van der Waals surface area contributed by atoms with Crippen LogP contribution >= 0.6 is 11.8 Å². The predicted molar refractivity (Wildman–Crippen MR) is 119 cm³/mol. The number of nitrogens with one attached hydrogen (secondary N) is 1. The first-order valence-corrected chi connectivity index (χ1v) is 10.7. The van der Waals surface area contributed by atoms with Crippen molar-refractivity contribution in [3.63, 3.8) is 0 Å². The summed E-state index contributed by atoms with van der Waals surface area (Å²) in [4.78, 5) is 10.4. The minimum Gasteiger partial charge on any atom is -0.374 e. The molecule has 0 saturated heterocycles. The van der Waals surface area contributed by atoms with Gasteiger partial charge in [-0.25, -0.2) is 0 Å². The number of aromatic nitrogens is 2. The summed E-state index contributed by atoms with van der Waals surface area (Å²) in [6.07, 6.45) is 6.35. The Morgan fingerprint density at radius 3 is 2.89 bits per heavy atom. The molecule has 0 radical (unpaired) electrons. The molecule has 0 spiro atoms. The normalized spacial score (nSPS) is 13.7. The first-order chi connectivity index (χ1) is 13.8. The van der Waals surface area contributed by atoms with Crippen molar-refractivity contribution in [1.29, 1.82) is 0 Å². The number of nitrogens with zero attached hydrogens (tertiary/aromatic N) is 2. The van der Waals surface area contributed by atoms with Gasteiger partial charge in [0.05, 0.1) is 5.03 Å². The molecule has 5 rings (SSSR count). The summed E-state index contributed by atoms with van der Waals surface area (Å²) >= 11 is 1.82. The van der Waals surface area contributed by atoms with Gasteiger partial charge in [-0.05, 0) is 59.9 Å². The van der Waals surface area contributed by atoms with Crippen molar-refractivity contribution in [1.82, 2.24) is 9.97 Å². The van der Waals surface area contributed by atoms with E-state index in [1.165, 1.54) is 50.3 Å². The van der Waals surface area contributed by atoms with Gasteiger partial charge in [0.25, 0.3) is 0 Å². The molecule has 4 aromatic rings. The van der Waals surface area contributed by atoms with E-state index in [2.05, 4.69) is 76.5 Å². The van der Waals surface area contributed by atoms with Crippen LogP contribution in [0.4, 0.5) is 5.69 Å². The highest BCUT2D eigenvalue weighted by Gasteiger charge is 2.14. The molecule has 0 amide bonds. The molecule has 4 heteroatoms. The zero-order valence-electron chi connectivity index (χ0n) is 16.0. The van der Waals surface area contributed by atoms with Crippen molar-refractivity contribution in [2.75, 3.05) is 18.5 Å². The third-order valence-corrected chi connectivity index (χ3v) is 6.47. The molecule has 0 atom stereocenters. The van der Waals surface area contributed by atoms with Crippen LogP contribution in [0.25, 0.3) is 22.0 Å².